The first-order valence-corrected chi connectivity index (χ1v) is 5.68. The van der Waals surface area contributed by atoms with E-state index in [-0.39, 0.29) is 5.03 Å². The number of rotatable bonds is 2. The highest BCUT2D eigenvalue weighted by Crippen LogP contribution is 2.17. The predicted octanol–water partition coefficient (Wildman–Crippen LogP) is -0.254. The second kappa shape index (κ2) is 3.34. The summed E-state index contributed by atoms with van der Waals surface area (Å²) in [4.78, 5) is 8.76. The average Bonchev–Trinajstić information content (AvgIpc) is 2.72. The first kappa shape index (κ1) is 9.63. The van der Waals surface area contributed by atoms with Crippen LogP contribution in [0.25, 0.3) is 0 Å². The molecule has 0 N–H and O–H groups in total. The first-order chi connectivity index (χ1) is 6.60. The van der Waals surface area contributed by atoms with E-state index in [9.17, 15) is 8.42 Å². The quantitative estimate of drug-likeness (QED) is 0.685. The molecule has 0 spiro atoms. The van der Waals surface area contributed by atoms with Crippen molar-refractivity contribution >= 4 is 10.0 Å². The minimum absolute atomic E-state index is 0.0295. The van der Waals surface area contributed by atoms with Gasteiger partial charge in [0.2, 0.25) is 0 Å². The van der Waals surface area contributed by atoms with Crippen LogP contribution in [0.1, 0.15) is 6.42 Å². The molecule has 1 aromatic rings. The van der Waals surface area contributed by atoms with Crippen LogP contribution in [-0.2, 0) is 21.9 Å². The van der Waals surface area contributed by atoms with Crippen molar-refractivity contribution < 1.29 is 13.3 Å². The predicted molar refractivity (Wildman–Crippen MR) is 47.7 cm³/mol. The van der Waals surface area contributed by atoms with Crippen molar-refractivity contribution in [2.45, 2.75) is 11.4 Å². The van der Waals surface area contributed by atoms with Crippen molar-refractivity contribution in [2.75, 3.05) is 13.2 Å². The van der Waals surface area contributed by atoms with Gasteiger partial charge in [-0.05, 0) is 6.42 Å². The van der Waals surface area contributed by atoms with Gasteiger partial charge in [-0.25, -0.2) is 13.4 Å². The van der Waals surface area contributed by atoms with E-state index in [4.69, 9.17) is 4.84 Å². The molecule has 1 aliphatic heterocycles. The summed E-state index contributed by atoms with van der Waals surface area (Å²) in [6, 6.07) is 0. The van der Waals surface area contributed by atoms with E-state index in [1.807, 2.05) is 0 Å². The lowest BCUT2D eigenvalue weighted by atomic mass is 10.5. The molecule has 1 aromatic heterocycles. The van der Waals surface area contributed by atoms with Gasteiger partial charge in [-0.2, -0.15) is 0 Å². The van der Waals surface area contributed by atoms with E-state index >= 15 is 0 Å². The van der Waals surface area contributed by atoms with Gasteiger partial charge in [0.1, 0.15) is 0 Å². The highest BCUT2D eigenvalue weighted by atomic mass is 32.2. The Balaban J connectivity index is 2.32. The van der Waals surface area contributed by atoms with E-state index in [0.29, 0.717) is 13.2 Å². The second-order valence-electron chi connectivity index (χ2n) is 3.10. The zero-order valence-corrected chi connectivity index (χ0v) is 8.57. The molecule has 0 aromatic carbocycles. The summed E-state index contributed by atoms with van der Waals surface area (Å²) in [5.41, 5.74) is 0. The summed E-state index contributed by atoms with van der Waals surface area (Å²) in [6.45, 7) is 0.852. The van der Waals surface area contributed by atoms with Crippen molar-refractivity contribution in [3.63, 3.8) is 0 Å². The molecular formula is C7H11N3O3S. The maximum absolute atomic E-state index is 11.8. The summed E-state index contributed by atoms with van der Waals surface area (Å²) in [5, 5.41) is 0.0295. The Morgan fingerprint density at radius 3 is 2.86 bits per heavy atom. The number of hydrogen-bond acceptors (Lipinski definition) is 4. The molecule has 0 saturated carbocycles. The van der Waals surface area contributed by atoms with E-state index < -0.39 is 10.0 Å². The fraction of sp³-hybridized carbons (Fsp3) is 0.571. The molecule has 78 valence electrons. The van der Waals surface area contributed by atoms with Crippen LogP contribution in [0.3, 0.4) is 0 Å². The van der Waals surface area contributed by atoms with Crippen molar-refractivity contribution in [1.29, 1.82) is 0 Å². The fourth-order valence-electron chi connectivity index (χ4n) is 1.24. The number of nitrogens with zero attached hydrogens (tertiary/aromatic N) is 3. The van der Waals surface area contributed by atoms with E-state index in [1.165, 1.54) is 12.5 Å². The molecule has 0 unspecified atom stereocenters. The van der Waals surface area contributed by atoms with Gasteiger partial charge in [0, 0.05) is 19.8 Å². The van der Waals surface area contributed by atoms with Crippen LogP contribution in [0.4, 0.5) is 0 Å². The summed E-state index contributed by atoms with van der Waals surface area (Å²) in [5.74, 6) is 0. The maximum atomic E-state index is 11.8. The van der Waals surface area contributed by atoms with Crippen LogP contribution in [-0.4, -0.2) is 35.6 Å². The van der Waals surface area contributed by atoms with Crippen molar-refractivity contribution in [2.24, 2.45) is 7.05 Å². The number of sulfonamides is 1. The van der Waals surface area contributed by atoms with E-state index in [1.54, 1.807) is 11.6 Å². The molecule has 1 aliphatic rings. The fourth-order valence-corrected chi connectivity index (χ4v) is 2.51. The molecular weight excluding hydrogens is 206 g/mol. The lowest BCUT2D eigenvalue weighted by Crippen LogP contribution is -2.27. The Kier molecular flexibility index (Phi) is 2.30. The molecule has 1 saturated heterocycles. The monoisotopic (exact) mass is 217 g/mol. The van der Waals surface area contributed by atoms with E-state index in [2.05, 4.69) is 4.98 Å². The van der Waals surface area contributed by atoms with Crippen LogP contribution >= 0.6 is 0 Å². The molecule has 0 bridgehead atoms. The van der Waals surface area contributed by atoms with Gasteiger partial charge in [-0.1, -0.05) is 4.47 Å². The normalized spacial score (nSPS) is 18.9. The van der Waals surface area contributed by atoms with Crippen LogP contribution in [0.15, 0.2) is 17.6 Å². The SMILES string of the molecule is Cn1cnc(S(=O)(=O)N2CCCO2)c1. The van der Waals surface area contributed by atoms with Gasteiger partial charge in [0.15, 0.2) is 5.03 Å². The molecule has 14 heavy (non-hydrogen) atoms. The molecule has 7 heteroatoms. The van der Waals surface area contributed by atoms with Gasteiger partial charge in [0.25, 0.3) is 10.0 Å². The second-order valence-corrected chi connectivity index (χ2v) is 4.87. The van der Waals surface area contributed by atoms with Gasteiger partial charge in [-0.15, -0.1) is 0 Å². The van der Waals surface area contributed by atoms with Crippen LogP contribution in [0.5, 0.6) is 0 Å². The minimum Gasteiger partial charge on any atom is -0.339 e. The Morgan fingerprint density at radius 1 is 1.57 bits per heavy atom. The molecule has 0 amide bonds. The highest BCUT2D eigenvalue weighted by molar-refractivity contribution is 7.88. The highest BCUT2D eigenvalue weighted by Gasteiger charge is 2.30. The zero-order valence-electron chi connectivity index (χ0n) is 7.75. The van der Waals surface area contributed by atoms with Gasteiger partial charge in [-0.3, -0.25) is 4.84 Å². The number of hydrogen-bond donors (Lipinski definition) is 0. The lowest BCUT2D eigenvalue weighted by molar-refractivity contribution is -0.0286. The Labute approximate surface area is 82.1 Å². The largest absolute Gasteiger partial charge is 0.339 e. The van der Waals surface area contributed by atoms with Crippen molar-refractivity contribution in [3.8, 4) is 0 Å². The molecule has 0 aliphatic carbocycles. The van der Waals surface area contributed by atoms with Gasteiger partial charge < -0.3 is 4.57 Å². The van der Waals surface area contributed by atoms with Gasteiger partial charge >= 0.3 is 0 Å². The molecule has 1 fully saturated rings. The molecule has 6 nitrogen and oxygen atoms in total. The summed E-state index contributed by atoms with van der Waals surface area (Å²) < 4.78 is 26.1. The lowest BCUT2D eigenvalue weighted by Gasteiger charge is -2.11. The minimum atomic E-state index is -3.54. The maximum Gasteiger partial charge on any atom is 0.283 e. The molecule has 2 rings (SSSR count). The molecule has 0 atom stereocenters. The topological polar surface area (TPSA) is 64.4 Å². The number of hydroxylamine groups is 1. The Bertz CT molecular complexity index is 419. The summed E-state index contributed by atoms with van der Waals surface area (Å²) in [7, 11) is -1.82. The average molecular weight is 217 g/mol. The smallest absolute Gasteiger partial charge is 0.283 e. The number of aromatic nitrogens is 2. The zero-order chi connectivity index (χ0) is 10.2. The molecule has 0 radical (unpaired) electrons. The third-order valence-corrected chi connectivity index (χ3v) is 3.50. The number of imidazole rings is 1. The standard InChI is InChI=1S/C7H11N3O3S/c1-9-5-7(8-6-9)14(11,12)10-3-2-4-13-10/h5-6H,2-4H2,1H3. The van der Waals surface area contributed by atoms with Crippen LogP contribution in [0, 0.1) is 0 Å². The van der Waals surface area contributed by atoms with Crippen molar-refractivity contribution in [3.05, 3.63) is 12.5 Å². The number of aryl methyl sites for hydroxylation is 1. The summed E-state index contributed by atoms with van der Waals surface area (Å²) in [6.07, 6.45) is 3.63. The van der Waals surface area contributed by atoms with Crippen LogP contribution in [0.2, 0.25) is 0 Å². The third kappa shape index (κ3) is 1.54. The Hall–Kier alpha value is -0.920. The Morgan fingerprint density at radius 2 is 2.36 bits per heavy atom. The van der Waals surface area contributed by atoms with Crippen molar-refractivity contribution in [1.82, 2.24) is 14.0 Å². The third-order valence-electron chi connectivity index (χ3n) is 1.93. The van der Waals surface area contributed by atoms with E-state index in [0.717, 1.165) is 10.9 Å². The van der Waals surface area contributed by atoms with Crippen LogP contribution < -0.4 is 0 Å². The molecule has 2 heterocycles. The van der Waals surface area contributed by atoms with Gasteiger partial charge in [0.05, 0.1) is 12.9 Å². The first-order valence-electron chi connectivity index (χ1n) is 4.24. The summed E-state index contributed by atoms with van der Waals surface area (Å²) >= 11 is 0.